The van der Waals surface area contributed by atoms with Crippen LogP contribution < -0.4 is 0 Å². The van der Waals surface area contributed by atoms with Gasteiger partial charge in [-0.3, -0.25) is 4.84 Å². The van der Waals surface area contributed by atoms with Crippen LogP contribution in [-0.2, 0) is 9.57 Å². The maximum absolute atomic E-state index is 11.9. The van der Waals surface area contributed by atoms with E-state index in [4.69, 9.17) is 9.57 Å². The molecule has 0 aliphatic carbocycles. The van der Waals surface area contributed by atoms with E-state index in [9.17, 15) is 4.79 Å². The summed E-state index contributed by atoms with van der Waals surface area (Å²) in [7, 11) is 0. The Morgan fingerprint density at radius 3 is 2.88 bits per heavy atom. The fourth-order valence-corrected chi connectivity index (χ4v) is 1.40. The lowest BCUT2D eigenvalue weighted by molar-refractivity contribution is -0.143. The van der Waals surface area contributed by atoms with Crippen molar-refractivity contribution in [2.75, 3.05) is 13.2 Å². The lowest BCUT2D eigenvalue weighted by Gasteiger charge is -2.27. The predicted octanol–water partition coefficient (Wildman–Crippen LogP) is 3.06. The third-order valence-corrected chi connectivity index (χ3v) is 2.19. The van der Waals surface area contributed by atoms with Crippen molar-refractivity contribution in [2.24, 2.45) is 0 Å². The number of hydrogen-bond donors (Lipinski definition) is 0. The van der Waals surface area contributed by atoms with Gasteiger partial charge in [0.15, 0.2) is 0 Å². The van der Waals surface area contributed by atoms with E-state index in [-0.39, 0.29) is 0 Å². The van der Waals surface area contributed by atoms with Crippen molar-refractivity contribution in [3.8, 4) is 0 Å². The van der Waals surface area contributed by atoms with E-state index >= 15 is 0 Å². The molecule has 4 heteroatoms. The molecule has 0 fully saturated rings. The van der Waals surface area contributed by atoms with E-state index < -0.39 is 11.7 Å². The molecule has 1 heterocycles. The SMILES string of the molecule is C=C/C1=C/CCCON(C(=O)OC(C)(C)C)C1. The maximum atomic E-state index is 11.9. The molecule has 0 atom stereocenters. The smallest absolute Gasteiger partial charge is 0.434 e. The number of amides is 1. The first-order valence-electron chi connectivity index (χ1n) is 5.87. The van der Waals surface area contributed by atoms with Gasteiger partial charge in [0.05, 0.1) is 13.2 Å². The normalized spacial score (nSPS) is 20.9. The Morgan fingerprint density at radius 2 is 2.29 bits per heavy atom. The highest BCUT2D eigenvalue weighted by Gasteiger charge is 2.23. The molecule has 1 aliphatic rings. The van der Waals surface area contributed by atoms with Crippen molar-refractivity contribution in [1.29, 1.82) is 0 Å². The summed E-state index contributed by atoms with van der Waals surface area (Å²) in [5.74, 6) is 0. The molecule has 0 radical (unpaired) electrons. The number of rotatable bonds is 1. The second-order valence-corrected chi connectivity index (χ2v) is 4.98. The van der Waals surface area contributed by atoms with E-state index in [1.54, 1.807) is 6.08 Å². The molecule has 17 heavy (non-hydrogen) atoms. The van der Waals surface area contributed by atoms with Gasteiger partial charge in [0.2, 0.25) is 0 Å². The summed E-state index contributed by atoms with van der Waals surface area (Å²) < 4.78 is 5.27. The van der Waals surface area contributed by atoms with Crippen LogP contribution in [0.3, 0.4) is 0 Å². The molecule has 1 aliphatic heterocycles. The van der Waals surface area contributed by atoms with Gasteiger partial charge in [0, 0.05) is 0 Å². The van der Waals surface area contributed by atoms with Crippen LogP contribution in [0.25, 0.3) is 0 Å². The van der Waals surface area contributed by atoms with E-state index in [1.807, 2.05) is 20.8 Å². The molecule has 0 aromatic heterocycles. The predicted molar refractivity (Wildman–Crippen MR) is 66.4 cm³/mol. The van der Waals surface area contributed by atoms with Crippen LogP contribution in [0.1, 0.15) is 33.6 Å². The Balaban J connectivity index is 2.67. The molecule has 96 valence electrons. The summed E-state index contributed by atoms with van der Waals surface area (Å²) in [4.78, 5) is 17.3. The first-order chi connectivity index (χ1) is 7.92. The van der Waals surface area contributed by atoms with Gasteiger partial charge in [-0.05, 0) is 39.2 Å². The van der Waals surface area contributed by atoms with Gasteiger partial charge in [0.1, 0.15) is 5.60 Å². The van der Waals surface area contributed by atoms with Crippen LogP contribution in [0.2, 0.25) is 0 Å². The first kappa shape index (κ1) is 13.8. The minimum Gasteiger partial charge on any atom is -0.442 e. The van der Waals surface area contributed by atoms with Gasteiger partial charge in [-0.25, -0.2) is 4.79 Å². The van der Waals surface area contributed by atoms with Crippen LogP contribution in [0, 0.1) is 0 Å². The Hall–Kier alpha value is -1.29. The van der Waals surface area contributed by atoms with Crippen molar-refractivity contribution in [1.82, 2.24) is 5.06 Å². The van der Waals surface area contributed by atoms with Crippen LogP contribution in [0.15, 0.2) is 24.3 Å². The zero-order valence-corrected chi connectivity index (χ0v) is 10.9. The van der Waals surface area contributed by atoms with E-state index in [0.717, 1.165) is 18.4 Å². The number of allylic oxidation sites excluding steroid dienone is 1. The second kappa shape index (κ2) is 5.87. The average molecular weight is 239 g/mol. The van der Waals surface area contributed by atoms with Gasteiger partial charge in [-0.2, -0.15) is 5.06 Å². The molecule has 1 rings (SSSR count). The molecule has 0 unspecified atom stereocenters. The highest BCUT2D eigenvalue weighted by Crippen LogP contribution is 2.14. The molecular formula is C13H21NO3. The molecule has 0 aromatic rings. The topological polar surface area (TPSA) is 38.8 Å². The van der Waals surface area contributed by atoms with Crippen molar-refractivity contribution < 1.29 is 14.4 Å². The fourth-order valence-electron chi connectivity index (χ4n) is 1.40. The van der Waals surface area contributed by atoms with Gasteiger partial charge < -0.3 is 4.74 Å². The van der Waals surface area contributed by atoms with Gasteiger partial charge in [0.25, 0.3) is 0 Å². The van der Waals surface area contributed by atoms with Crippen LogP contribution >= 0.6 is 0 Å². The molecule has 4 nitrogen and oxygen atoms in total. The number of carbonyl (C=O) groups excluding carboxylic acids is 1. The highest BCUT2D eigenvalue weighted by molar-refractivity contribution is 5.67. The lowest BCUT2D eigenvalue weighted by Crippen LogP contribution is -2.38. The fraction of sp³-hybridized carbons (Fsp3) is 0.615. The molecule has 0 saturated carbocycles. The van der Waals surface area contributed by atoms with Crippen LogP contribution in [0.5, 0.6) is 0 Å². The number of nitrogens with zero attached hydrogens (tertiary/aromatic N) is 1. The van der Waals surface area contributed by atoms with Crippen molar-refractivity contribution in [2.45, 2.75) is 39.2 Å². The summed E-state index contributed by atoms with van der Waals surface area (Å²) in [5.41, 5.74) is 0.469. The van der Waals surface area contributed by atoms with E-state index in [0.29, 0.717) is 13.2 Å². The van der Waals surface area contributed by atoms with E-state index in [2.05, 4.69) is 12.7 Å². The minimum absolute atomic E-state index is 0.387. The zero-order valence-electron chi connectivity index (χ0n) is 10.9. The Kier molecular flexibility index (Phi) is 4.75. The average Bonchev–Trinajstić information content (AvgIpc) is 2.14. The minimum atomic E-state index is -0.513. The Labute approximate surface area is 103 Å². The summed E-state index contributed by atoms with van der Waals surface area (Å²) in [6.07, 6.45) is 5.20. The number of ether oxygens (including phenoxy) is 1. The summed E-state index contributed by atoms with van der Waals surface area (Å²) >= 11 is 0. The number of carbonyl (C=O) groups is 1. The first-order valence-corrected chi connectivity index (χ1v) is 5.87. The Bertz CT molecular complexity index is 315. The number of hydroxylamine groups is 2. The van der Waals surface area contributed by atoms with Crippen LogP contribution in [-0.4, -0.2) is 29.9 Å². The number of hydrogen-bond acceptors (Lipinski definition) is 3. The summed E-state index contributed by atoms with van der Waals surface area (Å²) in [6, 6.07) is 0. The Morgan fingerprint density at radius 1 is 1.59 bits per heavy atom. The monoisotopic (exact) mass is 239 g/mol. The van der Waals surface area contributed by atoms with Crippen molar-refractivity contribution in [3.05, 3.63) is 24.3 Å². The standard InChI is InChI=1S/C13H21NO3/c1-5-11-8-6-7-9-16-14(10-11)12(15)17-13(2,3)4/h5,8H,1,6-7,9-10H2,2-4H3/b11-8-. The zero-order chi connectivity index (χ0) is 12.9. The van der Waals surface area contributed by atoms with Crippen molar-refractivity contribution in [3.63, 3.8) is 0 Å². The molecule has 0 saturated heterocycles. The van der Waals surface area contributed by atoms with Crippen molar-refractivity contribution >= 4 is 6.09 Å². The van der Waals surface area contributed by atoms with Crippen LogP contribution in [0.4, 0.5) is 4.79 Å². The largest absolute Gasteiger partial charge is 0.442 e. The van der Waals surface area contributed by atoms with Gasteiger partial charge in [-0.15, -0.1) is 0 Å². The van der Waals surface area contributed by atoms with E-state index in [1.165, 1.54) is 5.06 Å². The summed E-state index contributed by atoms with van der Waals surface area (Å²) in [6.45, 7) is 10.1. The molecule has 0 N–H and O–H groups in total. The highest BCUT2D eigenvalue weighted by atomic mass is 16.7. The molecule has 0 spiro atoms. The van der Waals surface area contributed by atoms with Gasteiger partial charge in [-0.1, -0.05) is 18.7 Å². The maximum Gasteiger partial charge on any atom is 0.434 e. The quantitative estimate of drug-likeness (QED) is 0.706. The van der Waals surface area contributed by atoms with Gasteiger partial charge >= 0.3 is 6.09 Å². The molecular weight excluding hydrogens is 218 g/mol. The third-order valence-electron chi connectivity index (χ3n) is 2.19. The molecule has 1 amide bonds. The molecule has 0 bridgehead atoms. The lowest BCUT2D eigenvalue weighted by atomic mass is 10.2. The summed E-state index contributed by atoms with van der Waals surface area (Å²) in [5, 5.41) is 1.26. The third kappa shape index (κ3) is 5.04. The second-order valence-electron chi connectivity index (χ2n) is 4.98. The molecule has 0 aromatic carbocycles.